The maximum Gasteiger partial charge on any atom is 0.237 e. The van der Waals surface area contributed by atoms with Gasteiger partial charge >= 0.3 is 0 Å². The van der Waals surface area contributed by atoms with Gasteiger partial charge < -0.3 is 10.1 Å². The lowest BCUT2D eigenvalue weighted by Gasteiger charge is -2.08. The maximum absolute atomic E-state index is 11.1. The Morgan fingerprint density at radius 2 is 2.29 bits per heavy atom. The third kappa shape index (κ3) is 2.45. The van der Waals surface area contributed by atoms with Crippen molar-refractivity contribution in [3.63, 3.8) is 0 Å². The minimum absolute atomic E-state index is 0.0473. The molecule has 4 nitrogen and oxygen atoms in total. The van der Waals surface area contributed by atoms with Crippen molar-refractivity contribution in [3.8, 4) is 5.88 Å². The van der Waals surface area contributed by atoms with Gasteiger partial charge in [0.2, 0.25) is 11.8 Å². The minimum atomic E-state index is -0.0473. The molecule has 0 unspecified atom stereocenters. The molecule has 0 aliphatic carbocycles. The number of pyridine rings is 1. The van der Waals surface area contributed by atoms with Gasteiger partial charge in [-0.2, -0.15) is 0 Å². The van der Waals surface area contributed by atoms with E-state index in [4.69, 9.17) is 4.74 Å². The van der Waals surface area contributed by atoms with E-state index in [2.05, 4.69) is 10.3 Å². The van der Waals surface area contributed by atoms with Gasteiger partial charge in [0, 0.05) is 12.1 Å². The van der Waals surface area contributed by atoms with Crippen LogP contribution in [0.4, 0.5) is 5.69 Å². The van der Waals surface area contributed by atoms with E-state index in [0.717, 1.165) is 5.69 Å². The smallest absolute Gasteiger partial charge is 0.237 e. The zero-order chi connectivity index (χ0) is 10.6. The molecule has 14 heavy (non-hydrogen) atoms. The predicted octanol–water partition coefficient (Wildman–Crippen LogP) is 1.75. The Bertz CT molecular complexity index is 337. The summed E-state index contributed by atoms with van der Waals surface area (Å²) < 4.78 is 5.05. The number of nitrogens with zero attached hydrogens (tertiary/aromatic N) is 1. The van der Waals surface area contributed by atoms with E-state index in [1.54, 1.807) is 13.0 Å². The Morgan fingerprint density at radius 3 is 2.86 bits per heavy atom. The standard InChI is InChI=1S/C10H14N2O2/c1-4-9(13)12-8-6-5-7(2)11-10(8)14-3/h5-6H,4H2,1-3H3,(H,12,13). The molecule has 0 aliphatic heterocycles. The lowest BCUT2D eigenvalue weighted by molar-refractivity contribution is -0.115. The highest BCUT2D eigenvalue weighted by Crippen LogP contribution is 2.21. The van der Waals surface area contributed by atoms with Gasteiger partial charge in [0.1, 0.15) is 5.69 Å². The summed E-state index contributed by atoms with van der Waals surface area (Å²) in [6.45, 7) is 3.66. The Labute approximate surface area is 83.3 Å². The van der Waals surface area contributed by atoms with Crippen molar-refractivity contribution in [2.24, 2.45) is 0 Å². The average molecular weight is 194 g/mol. The van der Waals surface area contributed by atoms with E-state index >= 15 is 0 Å². The zero-order valence-corrected chi connectivity index (χ0v) is 8.63. The number of ether oxygens (including phenoxy) is 1. The van der Waals surface area contributed by atoms with Gasteiger partial charge in [-0.25, -0.2) is 4.98 Å². The Morgan fingerprint density at radius 1 is 1.57 bits per heavy atom. The molecular weight excluding hydrogens is 180 g/mol. The highest BCUT2D eigenvalue weighted by atomic mass is 16.5. The van der Waals surface area contributed by atoms with Crippen LogP contribution in [0.3, 0.4) is 0 Å². The van der Waals surface area contributed by atoms with Gasteiger partial charge in [-0.05, 0) is 19.1 Å². The number of amides is 1. The number of anilines is 1. The summed E-state index contributed by atoms with van der Waals surface area (Å²) >= 11 is 0. The van der Waals surface area contributed by atoms with Crippen LogP contribution < -0.4 is 10.1 Å². The Kier molecular flexibility index (Phi) is 3.45. The van der Waals surface area contributed by atoms with Crippen molar-refractivity contribution < 1.29 is 9.53 Å². The van der Waals surface area contributed by atoms with Crippen LogP contribution in [0, 0.1) is 6.92 Å². The molecule has 1 aromatic rings. The number of carbonyl (C=O) groups is 1. The third-order valence-corrected chi connectivity index (χ3v) is 1.79. The molecular formula is C10H14N2O2. The first-order valence-electron chi connectivity index (χ1n) is 4.49. The topological polar surface area (TPSA) is 51.2 Å². The number of hydrogen-bond acceptors (Lipinski definition) is 3. The molecule has 0 saturated carbocycles. The molecule has 0 spiro atoms. The van der Waals surface area contributed by atoms with E-state index in [1.165, 1.54) is 7.11 Å². The fourth-order valence-corrected chi connectivity index (χ4v) is 1.02. The van der Waals surface area contributed by atoms with Crippen molar-refractivity contribution in [1.29, 1.82) is 0 Å². The second-order valence-electron chi connectivity index (χ2n) is 2.91. The van der Waals surface area contributed by atoms with Gasteiger partial charge in [0.25, 0.3) is 0 Å². The lowest BCUT2D eigenvalue weighted by Crippen LogP contribution is -2.11. The molecule has 1 aromatic heterocycles. The summed E-state index contributed by atoms with van der Waals surface area (Å²) in [5, 5.41) is 2.71. The van der Waals surface area contributed by atoms with Crippen LogP contribution in [-0.2, 0) is 4.79 Å². The molecule has 0 saturated heterocycles. The van der Waals surface area contributed by atoms with Gasteiger partial charge in [-0.15, -0.1) is 0 Å². The molecule has 1 amide bonds. The molecule has 1 N–H and O–H groups in total. The number of aryl methyl sites for hydroxylation is 1. The predicted molar refractivity (Wildman–Crippen MR) is 54.4 cm³/mol. The first-order chi connectivity index (χ1) is 6.67. The molecule has 4 heteroatoms. The van der Waals surface area contributed by atoms with E-state index in [9.17, 15) is 4.79 Å². The van der Waals surface area contributed by atoms with E-state index in [0.29, 0.717) is 18.0 Å². The van der Waals surface area contributed by atoms with Gasteiger partial charge in [0.15, 0.2) is 0 Å². The highest BCUT2D eigenvalue weighted by Gasteiger charge is 2.06. The van der Waals surface area contributed by atoms with Gasteiger partial charge in [0.05, 0.1) is 7.11 Å². The normalized spacial score (nSPS) is 9.64. The SMILES string of the molecule is CCC(=O)Nc1ccc(C)nc1OC. The first kappa shape index (κ1) is 10.5. The van der Waals surface area contributed by atoms with Crippen LogP contribution >= 0.6 is 0 Å². The van der Waals surface area contributed by atoms with E-state index in [1.807, 2.05) is 13.0 Å². The average Bonchev–Trinajstić information content (AvgIpc) is 2.20. The number of nitrogens with one attached hydrogen (secondary N) is 1. The molecule has 0 fully saturated rings. The fourth-order valence-electron chi connectivity index (χ4n) is 1.02. The largest absolute Gasteiger partial charge is 0.480 e. The quantitative estimate of drug-likeness (QED) is 0.797. The number of hydrogen-bond donors (Lipinski definition) is 1. The molecule has 1 rings (SSSR count). The summed E-state index contributed by atoms with van der Waals surface area (Å²) in [6.07, 6.45) is 0.441. The summed E-state index contributed by atoms with van der Waals surface area (Å²) in [6, 6.07) is 3.61. The van der Waals surface area contributed by atoms with Gasteiger partial charge in [-0.3, -0.25) is 4.79 Å². The van der Waals surface area contributed by atoms with Gasteiger partial charge in [-0.1, -0.05) is 6.92 Å². The monoisotopic (exact) mass is 194 g/mol. The van der Waals surface area contributed by atoms with Crippen LogP contribution in [0.25, 0.3) is 0 Å². The number of aromatic nitrogens is 1. The number of carbonyl (C=O) groups excluding carboxylic acids is 1. The number of rotatable bonds is 3. The summed E-state index contributed by atoms with van der Waals surface area (Å²) in [5.74, 6) is 0.403. The lowest BCUT2D eigenvalue weighted by atomic mass is 10.3. The molecule has 0 aliphatic rings. The molecule has 0 aromatic carbocycles. The maximum atomic E-state index is 11.1. The van der Waals surface area contributed by atoms with E-state index in [-0.39, 0.29) is 5.91 Å². The van der Waals surface area contributed by atoms with Crippen LogP contribution in [-0.4, -0.2) is 18.0 Å². The first-order valence-corrected chi connectivity index (χ1v) is 4.49. The second kappa shape index (κ2) is 4.60. The van der Waals surface area contributed by atoms with Crippen molar-refractivity contribution in [2.75, 3.05) is 12.4 Å². The summed E-state index contributed by atoms with van der Waals surface area (Å²) in [7, 11) is 1.53. The molecule has 76 valence electrons. The van der Waals surface area contributed by atoms with Crippen molar-refractivity contribution in [1.82, 2.24) is 4.98 Å². The Balaban J connectivity index is 2.90. The zero-order valence-electron chi connectivity index (χ0n) is 8.63. The summed E-state index contributed by atoms with van der Waals surface area (Å²) in [5.41, 5.74) is 1.47. The van der Waals surface area contributed by atoms with Crippen LogP contribution in [0.5, 0.6) is 5.88 Å². The highest BCUT2D eigenvalue weighted by molar-refractivity contribution is 5.91. The van der Waals surface area contributed by atoms with Crippen LogP contribution in [0.15, 0.2) is 12.1 Å². The molecule has 0 atom stereocenters. The second-order valence-corrected chi connectivity index (χ2v) is 2.91. The molecule has 0 bridgehead atoms. The summed E-state index contributed by atoms with van der Waals surface area (Å²) in [4.78, 5) is 15.3. The fraction of sp³-hybridized carbons (Fsp3) is 0.400. The van der Waals surface area contributed by atoms with Crippen molar-refractivity contribution in [3.05, 3.63) is 17.8 Å². The molecule has 0 radical (unpaired) electrons. The van der Waals surface area contributed by atoms with Crippen LogP contribution in [0.2, 0.25) is 0 Å². The molecule has 1 heterocycles. The van der Waals surface area contributed by atoms with Crippen LogP contribution in [0.1, 0.15) is 19.0 Å². The van der Waals surface area contributed by atoms with Crippen molar-refractivity contribution >= 4 is 11.6 Å². The Hall–Kier alpha value is -1.58. The third-order valence-electron chi connectivity index (χ3n) is 1.79. The number of methoxy groups -OCH3 is 1. The van der Waals surface area contributed by atoms with Crippen molar-refractivity contribution in [2.45, 2.75) is 20.3 Å². The minimum Gasteiger partial charge on any atom is -0.480 e. The van der Waals surface area contributed by atoms with E-state index < -0.39 is 0 Å².